The number of hydrogen-bond acceptors (Lipinski definition) is 13. The van der Waals surface area contributed by atoms with Crippen molar-refractivity contribution >= 4 is 84.4 Å². The second-order valence-electron chi connectivity index (χ2n) is 28.4. The molecule has 0 amide bonds. The van der Waals surface area contributed by atoms with Crippen molar-refractivity contribution in [3.63, 3.8) is 0 Å². The van der Waals surface area contributed by atoms with Crippen molar-refractivity contribution in [3.05, 3.63) is 106 Å². The summed E-state index contributed by atoms with van der Waals surface area (Å²) in [6, 6.07) is 41.2. The number of alkyl halides is 1. The first-order valence-corrected chi connectivity index (χ1v) is 60.1. The van der Waals surface area contributed by atoms with Crippen LogP contribution in [0.25, 0.3) is 0 Å². The average Bonchev–Trinajstić information content (AvgIpc) is 3.69. The molecule has 0 atom stereocenters. The summed E-state index contributed by atoms with van der Waals surface area (Å²) < 4.78 is 92.2. The maximum absolute atomic E-state index is 13.6. The predicted octanol–water partition coefficient (Wildman–Crippen LogP) is 17.2. The van der Waals surface area contributed by atoms with Crippen LogP contribution >= 0.6 is 0 Å². The Hall–Kier alpha value is -0.761. The minimum absolute atomic E-state index is 0.488. The first kappa shape index (κ1) is 81.5. The van der Waals surface area contributed by atoms with Gasteiger partial charge in [0.25, 0.3) is 0 Å². The van der Waals surface area contributed by atoms with Crippen molar-refractivity contribution in [2.75, 3.05) is 77.5 Å². The van der Waals surface area contributed by atoms with E-state index in [-0.39, 0.29) is 0 Å². The molecule has 0 aliphatic heterocycles. The van der Waals surface area contributed by atoms with E-state index in [9.17, 15) is 4.39 Å². The van der Waals surface area contributed by atoms with Crippen LogP contribution in [-0.2, 0) is 95.4 Å². The van der Waals surface area contributed by atoms with E-state index in [1.165, 1.54) is 76.8 Å². The van der Waals surface area contributed by atoms with Crippen molar-refractivity contribution in [3.8, 4) is 0 Å². The fourth-order valence-electron chi connectivity index (χ4n) is 13.1. The van der Waals surface area contributed by atoms with E-state index in [0.29, 0.717) is 6.61 Å². The number of hydrogen-bond donors (Lipinski definition) is 0. The summed E-state index contributed by atoms with van der Waals surface area (Å²) in [6.07, 6.45) is 10.1. The zero-order chi connectivity index (χ0) is 65.8. The van der Waals surface area contributed by atoms with Gasteiger partial charge in [0, 0.05) is 88.7 Å². The van der Waals surface area contributed by atoms with Gasteiger partial charge < -0.3 is 56.9 Å². The third-order valence-corrected chi connectivity index (χ3v) is 54.4. The van der Waals surface area contributed by atoms with Crippen molar-refractivity contribution in [1.29, 1.82) is 0 Å². The Balaban J connectivity index is 1.76. The molecule has 0 N–H and O–H groups in total. The van der Waals surface area contributed by atoms with Gasteiger partial charge in [0.1, 0.15) is 0 Å². The third-order valence-electron chi connectivity index (χ3n) is 18.3. The van der Waals surface area contributed by atoms with Crippen LogP contribution in [0.15, 0.2) is 72.8 Å². The monoisotopic (exact) mass is 1400 g/mol. The summed E-state index contributed by atoms with van der Waals surface area (Å²) in [5.74, 6) is 0. The van der Waals surface area contributed by atoms with Crippen molar-refractivity contribution < 1.29 is 61.3 Å². The van der Waals surface area contributed by atoms with Crippen molar-refractivity contribution in [2.45, 2.75) is 221 Å². The van der Waals surface area contributed by atoms with E-state index < -0.39 is 91.3 Å². The lowest BCUT2D eigenvalue weighted by Crippen LogP contribution is -2.46. The smallest absolute Gasteiger partial charge is 0.455 e. The van der Waals surface area contributed by atoms with Gasteiger partial charge in [-0.15, -0.1) is 0 Å². The van der Waals surface area contributed by atoms with Crippen LogP contribution in [0.4, 0.5) is 4.39 Å². The number of benzene rings is 3. The van der Waals surface area contributed by atoms with Crippen molar-refractivity contribution in [1.82, 2.24) is 0 Å². The number of rotatable bonds is 50. The first-order chi connectivity index (χ1) is 41.3. The highest BCUT2D eigenvalue weighted by molar-refractivity contribution is 6.87. The maximum Gasteiger partial charge on any atom is 0.500 e. The minimum atomic E-state index is -2.62. The summed E-state index contributed by atoms with van der Waals surface area (Å²) in [6.45, 7) is 29.2. The van der Waals surface area contributed by atoms with Gasteiger partial charge in [-0.25, -0.2) is 4.39 Å². The standard InChI is InChI=1S/C64H125FO13Si10/c1-66-86(67-2,68-3)55-41-62-32-26-59(27-33-62)38-52-82(16,17)76-79(10,11)45-23-49-85(48-22-44-75-58-65,50-24-46-80(12,13)77-83(18,19)53-39-60-28-34-63(35-29-60)42-56-87(69-4,70-5)71-6)51-25-47-81(14,15)78-84(20,21)54-40-61-30-36-64(37-31-61)43-57-88(72-7,73-8)74-9/h26-37H,22-25,38-58H2,1-21H3. The lowest BCUT2D eigenvalue weighted by molar-refractivity contribution is 0.0582. The molecule has 24 heteroatoms. The third kappa shape index (κ3) is 30.3. The van der Waals surface area contributed by atoms with Gasteiger partial charge in [0.2, 0.25) is 0 Å². The molecule has 0 fully saturated rings. The quantitative estimate of drug-likeness (QED) is 0.0394. The van der Waals surface area contributed by atoms with Crippen LogP contribution in [0.5, 0.6) is 0 Å². The summed E-state index contributed by atoms with van der Waals surface area (Å²) >= 11 is 0. The minimum Gasteiger partial charge on any atom is -0.455 e. The molecule has 0 saturated carbocycles. The van der Waals surface area contributed by atoms with Crippen LogP contribution in [0.2, 0.25) is 157 Å². The van der Waals surface area contributed by atoms with E-state index in [0.717, 1.165) is 99.3 Å². The Morgan fingerprint density at radius 1 is 0.261 bits per heavy atom. The van der Waals surface area contributed by atoms with Gasteiger partial charge in [0.05, 0.1) is 8.07 Å². The number of ether oxygens (including phenoxy) is 1. The molecule has 0 saturated heterocycles. The second kappa shape index (κ2) is 38.7. The Morgan fingerprint density at radius 3 is 0.659 bits per heavy atom. The first-order valence-electron chi connectivity index (χ1n) is 32.8. The largest absolute Gasteiger partial charge is 0.500 e. The van der Waals surface area contributed by atoms with Gasteiger partial charge >= 0.3 is 26.4 Å². The summed E-state index contributed by atoms with van der Waals surface area (Å²) in [5.41, 5.74) is 7.88. The topological polar surface area (TPSA) is 120 Å². The average molecular weight is 1400 g/mol. The van der Waals surface area contributed by atoms with E-state index in [1.54, 1.807) is 64.0 Å². The molecule has 0 aromatic heterocycles. The van der Waals surface area contributed by atoms with Gasteiger partial charge in [-0.3, -0.25) is 0 Å². The summed E-state index contributed by atoms with van der Waals surface area (Å²) in [5, 5.41) is 0. The predicted molar refractivity (Wildman–Crippen MR) is 389 cm³/mol. The molecule has 0 bridgehead atoms. The van der Waals surface area contributed by atoms with Gasteiger partial charge in [0.15, 0.2) is 56.8 Å². The van der Waals surface area contributed by atoms with Gasteiger partial charge in [-0.05, 0) is 193 Å². The second-order valence-corrected chi connectivity index (χ2v) is 69.2. The van der Waals surface area contributed by atoms with Crippen LogP contribution < -0.4 is 0 Å². The molecule has 13 nitrogen and oxygen atoms in total. The van der Waals surface area contributed by atoms with E-state index >= 15 is 0 Å². The molecular weight excluding hydrogens is 1280 g/mol. The molecule has 0 heterocycles. The molecule has 0 spiro atoms. The molecule has 0 aliphatic carbocycles. The molecule has 0 radical (unpaired) electrons. The molecule has 506 valence electrons. The summed E-state index contributed by atoms with van der Waals surface area (Å²) in [7, 11) is -6.64. The fourth-order valence-corrected chi connectivity index (χ4v) is 50.6. The number of aryl methyl sites for hydroxylation is 6. The Kier molecular flexibility index (Phi) is 35.8. The van der Waals surface area contributed by atoms with Crippen LogP contribution in [-0.4, -0.2) is 162 Å². The van der Waals surface area contributed by atoms with E-state index in [4.69, 9.17) is 56.9 Å². The van der Waals surface area contributed by atoms with Gasteiger partial charge in [-0.2, -0.15) is 0 Å². The zero-order valence-corrected chi connectivity index (χ0v) is 69.3. The molecule has 3 rings (SSSR count). The highest BCUT2D eigenvalue weighted by atomic mass is 28.4. The van der Waals surface area contributed by atoms with Crippen molar-refractivity contribution in [2.24, 2.45) is 0 Å². The maximum atomic E-state index is 13.6. The fraction of sp³-hybridized carbons (Fsp3) is 0.719. The Morgan fingerprint density at radius 2 is 0.455 bits per heavy atom. The molecule has 3 aromatic carbocycles. The molecular formula is C64H125FO13Si10. The molecule has 0 unspecified atom stereocenters. The van der Waals surface area contributed by atoms with E-state index in [2.05, 4.69) is 151 Å². The molecule has 3 aromatic rings. The Labute approximate surface area is 547 Å². The Bertz CT molecular complexity index is 2090. The normalized spacial score (nSPS) is 13.7. The summed E-state index contributed by atoms with van der Waals surface area (Å²) in [4.78, 5) is 0. The van der Waals surface area contributed by atoms with Gasteiger partial charge in [-0.1, -0.05) is 116 Å². The highest BCUT2D eigenvalue weighted by Crippen LogP contribution is 2.39. The number of halogens is 1. The van der Waals surface area contributed by atoms with E-state index in [1.807, 2.05) is 0 Å². The zero-order valence-electron chi connectivity index (χ0n) is 59.3. The van der Waals surface area contributed by atoms with Crippen LogP contribution in [0, 0.1) is 0 Å². The highest BCUT2D eigenvalue weighted by Gasteiger charge is 2.42. The molecule has 88 heavy (non-hydrogen) atoms. The SMILES string of the molecule is CO[Si](CCc1ccc(CC[Si](C)(C)O[Si](C)(C)CCC[Si](CCCOCF)(CCC[Si](C)(C)O[Si](C)(C)CCc2ccc(CC[Si](OC)(OC)OC)cc2)CCC[Si](C)(C)O[Si](C)(C)CCc2ccc(CC[Si](OC)(OC)OC)cc2)cc1)(OC)OC. The lowest BCUT2D eigenvalue weighted by Gasteiger charge is -2.38. The lowest BCUT2D eigenvalue weighted by atomic mass is 10.1. The molecule has 0 aliphatic rings. The van der Waals surface area contributed by atoms with Crippen LogP contribution in [0.1, 0.15) is 59.1 Å². The van der Waals surface area contributed by atoms with Crippen LogP contribution in [0.3, 0.4) is 0 Å².